The third kappa shape index (κ3) is 4.97. The normalized spacial score (nSPS) is 11.9. The molecule has 2 rings (SSSR count). The van der Waals surface area contributed by atoms with Crippen LogP contribution in [0.4, 0.5) is 5.69 Å². The lowest BCUT2D eigenvalue weighted by Crippen LogP contribution is -2.30. The average Bonchev–Trinajstić information content (AvgIpc) is 3.04. The molecule has 0 unspecified atom stereocenters. The number of benzene rings is 1. The summed E-state index contributed by atoms with van der Waals surface area (Å²) in [5, 5.41) is 6.67. The Bertz CT molecular complexity index is 962. The van der Waals surface area contributed by atoms with Crippen LogP contribution in [0, 0.1) is 6.92 Å². The molecule has 0 saturated heterocycles. The fourth-order valence-electron chi connectivity index (χ4n) is 2.97. The van der Waals surface area contributed by atoms with Gasteiger partial charge in [-0.1, -0.05) is 25.9 Å². The lowest BCUT2D eigenvalue weighted by molar-refractivity contribution is 0.102. The predicted octanol–water partition coefficient (Wildman–Crippen LogP) is 3.62. The van der Waals surface area contributed by atoms with Crippen molar-refractivity contribution >= 4 is 21.6 Å². The minimum Gasteiger partial charge on any atom is -0.489 e. The summed E-state index contributed by atoms with van der Waals surface area (Å²) in [5.74, 6) is 0.364. The molecule has 0 bridgehead atoms. The van der Waals surface area contributed by atoms with Crippen LogP contribution in [0.3, 0.4) is 0 Å². The summed E-state index contributed by atoms with van der Waals surface area (Å²) in [6.07, 6.45) is 0.380. The number of carbonyl (C=O) groups is 1. The number of ether oxygens (including phenoxy) is 1. The maximum absolute atomic E-state index is 12.9. The Kier molecular flexibility index (Phi) is 7.43. The summed E-state index contributed by atoms with van der Waals surface area (Å²) in [6.45, 7) is 11.5. The summed E-state index contributed by atoms with van der Waals surface area (Å²) >= 11 is 0. The second kappa shape index (κ2) is 9.41. The molecule has 1 aromatic carbocycles. The smallest absolute Gasteiger partial charge is 0.261 e. The molecule has 0 atom stereocenters. The van der Waals surface area contributed by atoms with E-state index < -0.39 is 15.9 Å². The molecule has 0 saturated carbocycles. The number of nitrogens with one attached hydrogen (secondary N) is 1. The number of nitrogens with zero attached hydrogens (tertiary/aromatic N) is 2. The van der Waals surface area contributed by atoms with Crippen LogP contribution >= 0.6 is 0 Å². The highest BCUT2D eigenvalue weighted by atomic mass is 32.2. The van der Waals surface area contributed by atoms with Gasteiger partial charge in [-0.25, -0.2) is 8.42 Å². The number of hydrogen-bond acceptors (Lipinski definition) is 6. The molecule has 160 valence electrons. The SMILES string of the molecule is CCc1noc(C)c1C(=O)Nc1cc(S(=O)(=O)N(CC)CC)ccc1OC(C)C. The average molecular weight is 424 g/mol. The van der Waals surface area contributed by atoms with E-state index in [9.17, 15) is 13.2 Å². The summed E-state index contributed by atoms with van der Waals surface area (Å²) in [5.41, 5.74) is 1.16. The highest BCUT2D eigenvalue weighted by Gasteiger charge is 2.25. The zero-order valence-corrected chi connectivity index (χ0v) is 18.6. The van der Waals surface area contributed by atoms with Gasteiger partial charge >= 0.3 is 0 Å². The Balaban J connectivity index is 2.50. The maximum atomic E-state index is 12.9. The number of aryl methyl sites for hydroxylation is 2. The standard InChI is InChI=1S/C20H29N3O5S/c1-7-16-19(14(6)28-22-16)20(24)21-17-12-15(10-11-18(17)27-13(4)5)29(25,26)23(8-2)9-3/h10-13H,7-9H2,1-6H3,(H,21,24). The fourth-order valence-corrected chi connectivity index (χ4v) is 4.46. The minimum atomic E-state index is -3.68. The van der Waals surface area contributed by atoms with Crippen molar-refractivity contribution in [1.29, 1.82) is 0 Å². The van der Waals surface area contributed by atoms with E-state index in [4.69, 9.17) is 9.26 Å². The molecule has 0 spiro atoms. The van der Waals surface area contributed by atoms with E-state index >= 15 is 0 Å². The molecule has 0 fully saturated rings. The lowest BCUT2D eigenvalue weighted by atomic mass is 10.1. The second-order valence-corrected chi connectivity index (χ2v) is 8.72. The monoisotopic (exact) mass is 423 g/mol. The van der Waals surface area contributed by atoms with Gasteiger partial charge in [-0.3, -0.25) is 4.79 Å². The van der Waals surface area contributed by atoms with Crippen LogP contribution in [0.1, 0.15) is 56.4 Å². The second-order valence-electron chi connectivity index (χ2n) is 6.78. The predicted molar refractivity (Wildman–Crippen MR) is 111 cm³/mol. The van der Waals surface area contributed by atoms with E-state index in [2.05, 4.69) is 10.5 Å². The largest absolute Gasteiger partial charge is 0.489 e. The number of amides is 1. The van der Waals surface area contributed by atoms with Crippen molar-refractivity contribution in [1.82, 2.24) is 9.46 Å². The quantitative estimate of drug-likeness (QED) is 0.661. The van der Waals surface area contributed by atoms with Gasteiger partial charge in [0.25, 0.3) is 5.91 Å². The van der Waals surface area contributed by atoms with Crippen molar-refractivity contribution in [3.05, 3.63) is 35.2 Å². The van der Waals surface area contributed by atoms with Crippen LogP contribution in [0.25, 0.3) is 0 Å². The number of anilines is 1. The van der Waals surface area contributed by atoms with Crippen molar-refractivity contribution in [3.63, 3.8) is 0 Å². The molecule has 8 nitrogen and oxygen atoms in total. The molecule has 0 radical (unpaired) electrons. The van der Waals surface area contributed by atoms with Crippen LogP contribution < -0.4 is 10.1 Å². The number of aromatic nitrogens is 1. The van der Waals surface area contributed by atoms with E-state index in [1.54, 1.807) is 26.8 Å². The molecule has 0 aliphatic heterocycles. The number of hydrogen-bond donors (Lipinski definition) is 1. The van der Waals surface area contributed by atoms with Gasteiger partial charge < -0.3 is 14.6 Å². The Morgan fingerprint density at radius 3 is 2.45 bits per heavy atom. The van der Waals surface area contributed by atoms with Gasteiger partial charge in [0.1, 0.15) is 17.1 Å². The highest BCUT2D eigenvalue weighted by molar-refractivity contribution is 7.89. The van der Waals surface area contributed by atoms with Gasteiger partial charge in [0.05, 0.1) is 22.4 Å². The Morgan fingerprint density at radius 1 is 1.24 bits per heavy atom. The van der Waals surface area contributed by atoms with Gasteiger partial charge in [0.2, 0.25) is 10.0 Å². The molecule has 1 N–H and O–H groups in total. The minimum absolute atomic E-state index is 0.0883. The summed E-state index contributed by atoms with van der Waals surface area (Å²) < 4.78 is 38.1. The van der Waals surface area contributed by atoms with E-state index in [0.29, 0.717) is 42.3 Å². The van der Waals surface area contributed by atoms with Crippen LogP contribution in [-0.2, 0) is 16.4 Å². The van der Waals surface area contributed by atoms with E-state index in [-0.39, 0.29) is 16.7 Å². The number of carbonyl (C=O) groups excluding carboxylic acids is 1. The molecule has 1 heterocycles. The topological polar surface area (TPSA) is 102 Å². The molecule has 2 aromatic rings. The first kappa shape index (κ1) is 22.9. The van der Waals surface area contributed by atoms with Gasteiger partial charge in [0.15, 0.2) is 0 Å². The molecule has 1 amide bonds. The fraction of sp³-hybridized carbons (Fsp3) is 0.500. The zero-order valence-electron chi connectivity index (χ0n) is 17.8. The van der Waals surface area contributed by atoms with Gasteiger partial charge in [-0.15, -0.1) is 0 Å². The maximum Gasteiger partial charge on any atom is 0.261 e. The third-order valence-electron chi connectivity index (χ3n) is 4.40. The first-order valence-electron chi connectivity index (χ1n) is 9.72. The van der Waals surface area contributed by atoms with Gasteiger partial charge in [-0.05, 0) is 45.4 Å². The van der Waals surface area contributed by atoms with E-state index in [1.807, 2.05) is 20.8 Å². The van der Waals surface area contributed by atoms with Crippen LogP contribution in [0.2, 0.25) is 0 Å². The zero-order chi connectivity index (χ0) is 21.8. The molecule has 0 aliphatic carbocycles. The Morgan fingerprint density at radius 2 is 1.90 bits per heavy atom. The van der Waals surface area contributed by atoms with Crippen molar-refractivity contribution in [2.45, 2.75) is 59.0 Å². The van der Waals surface area contributed by atoms with E-state index in [0.717, 1.165) is 0 Å². The summed E-state index contributed by atoms with van der Waals surface area (Å²) in [6, 6.07) is 4.48. The van der Waals surface area contributed by atoms with Crippen molar-refractivity contribution in [2.24, 2.45) is 0 Å². The molecule has 0 aliphatic rings. The number of sulfonamides is 1. The van der Waals surface area contributed by atoms with Crippen LogP contribution in [-0.4, -0.2) is 43.0 Å². The first-order valence-corrected chi connectivity index (χ1v) is 11.2. The Hall–Kier alpha value is -2.39. The molecule has 1 aromatic heterocycles. The Labute approximate surface area is 172 Å². The molecular formula is C20H29N3O5S. The summed E-state index contributed by atoms with van der Waals surface area (Å²) in [7, 11) is -3.68. The van der Waals surface area contributed by atoms with E-state index in [1.165, 1.54) is 16.4 Å². The first-order chi connectivity index (χ1) is 13.6. The van der Waals surface area contributed by atoms with Gasteiger partial charge in [-0.2, -0.15) is 4.31 Å². The molecular weight excluding hydrogens is 394 g/mol. The van der Waals surface area contributed by atoms with Gasteiger partial charge in [0, 0.05) is 13.1 Å². The van der Waals surface area contributed by atoms with Crippen LogP contribution in [0.5, 0.6) is 5.75 Å². The van der Waals surface area contributed by atoms with Crippen molar-refractivity contribution < 1.29 is 22.5 Å². The van der Waals surface area contributed by atoms with Crippen LogP contribution in [0.15, 0.2) is 27.6 Å². The van der Waals surface area contributed by atoms with Crippen molar-refractivity contribution in [2.75, 3.05) is 18.4 Å². The number of rotatable bonds is 9. The summed E-state index contributed by atoms with van der Waals surface area (Å²) in [4.78, 5) is 13.0. The van der Waals surface area contributed by atoms with Crippen molar-refractivity contribution in [3.8, 4) is 5.75 Å². The third-order valence-corrected chi connectivity index (χ3v) is 6.45. The lowest BCUT2D eigenvalue weighted by Gasteiger charge is -2.20. The molecule has 9 heteroatoms. The molecule has 29 heavy (non-hydrogen) atoms. The highest BCUT2D eigenvalue weighted by Crippen LogP contribution is 2.31.